The van der Waals surface area contributed by atoms with E-state index < -0.39 is 10.0 Å². The molecule has 2 N–H and O–H groups in total. The van der Waals surface area contributed by atoms with Crippen molar-refractivity contribution in [3.05, 3.63) is 11.7 Å². The second-order valence-corrected chi connectivity index (χ2v) is 6.19. The summed E-state index contributed by atoms with van der Waals surface area (Å²) < 4.78 is 27.1. The Kier molecular flexibility index (Phi) is 3.98. The van der Waals surface area contributed by atoms with Crippen molar-refractivity contribution in [2.75, 3.05) is 18.8 Å². The molecule has 0 unspecified atom stereocenters. The minimum absolute atomic E-state index is 0.0397. The summed E-state index contributed by atoms with van der Waals surface area (Å²) in [6, 6.07) is 0.0517. The van der Waals surface area contributed by atoms with E-state index >= 15 is 0 Å². The molecule has 2 rings (SSSR count). The van der Waals surface area contributed by atoms with E-state index in [0.29, 0.717) is 24.7 Å². The van der Waals surface area contributed by atoms with Gasteiger partial charge in [-0.25, -0.2) is 13.6 Å². The largest absolute Gasteiger partial charge is 0.339 e. The zero-order valence-electron chi connectivity index (χ0n) is 10.4. The number of hydrogen-bond donors (Lipinski definition) is 1. The molecule has 1 atom stereocenters. The number of sulfonamides is 1. The molecule has 1 aromatic rings. The molecule has 1 aromatic heterocycles. The summed E-state index contributed by atoms with van der Waals surface area (Å²) in [6.45, 7) is 3.21. The summed E-state index contributed by atoms with van der Waals surface area (Å²) >= 11 is 0. The van der Waals surface area contributed by atoms with Crippen LogP contribution in [0.2, 0.25) is 0 Å². The molecule has 0 amide bonds. The van der Waals surface area contributed by atoms with Gasteiger partial charge in [0.1, 0.15) is 0 Å². The van der Waals surface area contributed by atoms with Gasteiger partial charge in [0.2, 0.25) is 15.9 Å². The van der Waals surface area contributed by atoms with Gasteiger partial charge in [0.05, 0.1) is 11.8 Å². The Bertz CT molecular complexity index is 499. The smallest absolute Gasteiger partial charge is 0.226 e. The first-order valence-corrected chi connectivity index (χ1v) is 7.78. The lowest BCUT2D eigenvalue weighted by Crippen LogP contribution is -2.31. The van der Waals surface area contributed by atoms with Crippen LogP contribution in [0.25, 0.3) is 0 Å². The Morgan fingerprint density at radius 1 is 1.56 bits per heavy atom. The zero-order chi connectivity index (χ0) is 13.2. The number of nitrogens with zero attached hydrogens (tertiary/aromatic N) is 3. The van der Waals surface area contributed by atoms with E-state index in [-0.39, 0.29) is 11.8 Å². The van der Waals surface area contributed by atoms with Gasteiger partial charge in [0.15, 0.2) is 5.82 Å². The van der Waals surface area contributed by atoms with Gasteiger partial charge < -0.3 is 4.52 Å². The van der Waals surface area contributed by atoms with Crippen molar-refractivity contribution in [2.45, 2.75) is 32.2 Å². The van der Waals surface area contributed by atoms with Gasteiger partial charge in [-0.3, -0.25) is 4.90 Å². The lowest BCUT2D eigenvalue weighted by atomic mass is 10.2. The fourth-order valence-corrected chi connectivity index (χ4v) is 2.67. The van der Waals surface area contributed by atoms with Crippen LogP contribution in [0, 0.1) is 0 Å². The van der Waals surface area contributed by atoms with Crippen LogP contribution in [-0.2, 0) is 16.4 Å². The second kappa shape index (κ2) is 5.33. The number of aromatic nitrogens is 2. The molecule has 1 aliphatic heterocycles. The molecule has 2 heterocycles. The molecule has 102 valence electrons. The highest BCUT2D eigenvalue weighted by atomic mass is 32.2. The number of nitrogens with two attached hydrogens (primary N) is 1. The minimum atomic E-state index is -3.42. The molecular formula is C10H18N4O3S. The second-order valence-electron chi connectivity index (χ2n) is 4.46. The molecule has 7 nitrogen and oxygen atoms in total. The molecule has 8 heteroatoms. The summed E-state index contributed by atoms with van der Waals surface area (Å²) in [5.41, 5.74) is 0. The van der Waals surface area contributed by atoms with Gasteiger partial charge in [-0.2, -0.15) is 4.98 Å². The molecule has 0 spiro atoms. The van der Waals surface area contributed by atoms with Crippen LogP contribution in [-0.4, -0.2) is 42.3 Å². The van der Waals surface area contributed by atoms with Gasteiger partial charge in [0.25, 0.3) is 0 Å². The third kappa shape index (κ3) is 3.27. The molecule has 0 saturated carbocycles. The highest BCUT2D eigenvalue weighted by Gasteiger charge is 2.30. The van der Waals surface area contributed by atoms with Crippen molar-refractivity contribution in [3.63, 3.8) is 0 Å². The lowest BCUT2D eigenvalue weighted by Gasteiger charge is -2.20. The van der Waals surface area contributed by atoms with Crippen molar-refractivity contribution < 1.29 is 12.9 Å². The number of hydrogen-bond acceptors (Lipinski definition) is 6. The first kappa shape index (κ1) is 13.4. The van der Waals surface area contributed by atoms with Gasteiger partial charge in [-0.15, -0.1) is 0 Å². The Balaban J connectivity index is 2.03. The van der Waals surface area contributed by atoms with Crippen molar-refractivity contribution in [1.29, 1.82) is 0 Å². The maximum absolute atomic E-state index is 11.0. The fraction of sp³-hybridized carbons (Fsp3) is 0.800. The summed E-state index contributed by atoms with van der Waals surface area (Å²) in [5.74, 6) is 1.23. The van der Waals surface area contributed by atoms with Crippen LogP contribution < -0.4 is 5.14 Å². The van der Waals surface area contributed by atoms with Crippen LogP contribution in [0.1, 0.15) is 37.5 Å². The molecule has 0 bridgehead atoms. The Morgan fingerprint density at radius 3 is 2.94 bits per heavy atom. The number of rotatable bonds is 5. The van der Waals surface area contributed by atoms with Crippen LogP contribution in [0.15, 0.2) is 4.52 Å². The standard InChI is InChI=1S/C10H18N4O3S/c1-2-9-12-10(13-17-9)8-4-3-5-14(8)6-7-18(11,15)16/h8H,2-7H2,1H3,(H2,11,15,16)/t8-/m1/s1. The van der Waals surface area contributed by atoms with Gasteiger partial charge in [0, 0.05) is 13.0 Å². The van der Waals surface area contributed by atoms with Crippen molar-refractivity contribution >= 4 is 10.0 Å². The molecule has 18 heavy (non-hydrogen) atoms. The first-order valence-electron chi connectivity index (χ1n) is 6.06. The van der Waals surface area contributed by atoms with Crippen LogP contribution >= 0.6 is 0 Å². The van der Waals surface area contributed by atoms with E-state index in [1.54, 1.807) is 0 Å². The molecule has 1 fully saturated rings. The maximum Gasteiger partial charge on any atom is 0.226 e. The van der Waals surface area contributed by atoms with Gasteiger partial charge >= 0.3 is 0 Å². The quantitative estimate of drug-likeness (QED) is 0.814. The molecule has 1 saturated heterocycles. The van der Waals surface area contributed by atoms with E-state index in [9.17, 15) is 8.42 Å². The molecule has 0 aliphatic carbocycles. The first-order chi connectivity index (χ1) is 8.49. The molecule has 0 radical (unpaired) electrons. The third-order valence-electron chi connectivity index (χ3n) is 3.11. The SMILES string of the molecule is CCc1nc([C@H]2CCCN2CCS(N)(=O)=O)no1. The topological polar surface area (TPSA) is 102 Å². The highest BCUT2D eigenvalue weighted by molar-refractivity contribution is 7.89. The van der Waals surface area contributed by atoms with Crippen molar-refractivity contribution in [1.82, 2.24) is 15.0 Å². The maximum atomic E-state index is 11.0. The summed E-state index contributed by atoms with van der Waals surface area (Å²) in [6.07, 6.45) is 2.63. The molecular weight excluding hydrogens is 256 g/mol. The van der Waals surface area contributed by atoms with Crippen molar-refractivity contribution in [3.8, 4) is 0 Å². The average molecular weight is 274 g/mol. The van der Waals surface area contributed by atoms with E-state index in [2.05, 4.69) is 15.0 Å². The number of aryl methyl sites for hydroxylation is 1. The molecule has 1 aliphatic rings. The normalized spacial score (nSPS) is 21.6. The minimum Gasteiger partial charge on any atom is -0.339 e. The Hall–Kier alpha value is -0.990. The summed E-state index contributed by atoms with van der Waals surface area (Å²) in [5, 5.41) is 8.97. The van der Waals surface area contributed by atoms with E-state index in [0.717, 1.165) is 19.4 Å². The lowest BCUT2D eigenvalue weighted by molar-refractivity contribution is 0.255. The predicted molar refractivity (Wildman–Crippen MR) is 65.2 cm³/mol. The number of primary sulfonamides is 1. The van der Waals surface area contributed by atoms with Gasteiger partial charge in [-0.05, 0) is 19.4 Å². The van der Waals surface area contributed by atoms with E-state index in [4.69, 9.17) is 9.66 Å². The molecule has 0 aromatic carbocycles. The van der Waals surface area contributed by atoms with Crippen LogP contribution in [0.5, 0.6) is 0 Å². The van der Waals surface area contributed by atoms with Crippen LogP contribution in [0.3, 0.4) is 0 Å². The van der Waals surface area contributed by atoms with Crippen molar-refractivity contribution in [2.24, 2.45) is 5.14 Å². The Morgan fingerprint density at radius 2 is 2.33 bits per heavy atom. The summed E-state index contributed by atoms with van der Waals surface area (Å²) in [4.78, 5) is 6.36. The Labute approximate surface area is 106 Å². The third-order valence-corrected chi connectivity index (χ3v) is 3.86. The number of likely N-dealkylation sites (tertiary alicyclic amines) is 1. The highest BCUT2D eigenvalue weighted by Crippen LogP contribution is 2.29. The zero-order valence-corrected chi connectivity index (χ0v) is 11.2. The van der Waals surface area contributed by atoms with E-state index in [1.807, 2.05) is 6.92 Å². The summed E-state index contributed by atoms with van der Waals surface area (Å²) in [7, 11) is -3.42. The fourth-order valence-electron chi connectivity index (χ4n) is 2.18. The van der Waals surface area contributed by atoms with E-state index in [1.165, 1.54) is 0 Å². The van der Waals surface area contributed by atoms with Gasteiger partial charge in [-0.1, -0.05) is 12.1 Å². The predicted octanol–water partition coefficient (Wildman–Crippen LogP) is 0.0574. The monoisotopic (exact) mass is 274 g/mol. The average Bonchev–Trinajstić information content (AvgIpc) is 2.93. The van der Waals surface area contributed by atoms with Crippen LogP contribution in [0.4, 0.5) is 0 Å².